The highest BCUT2D eigenvalue weighted by Gasteiger charge is 2.23. The summed E-state index contributed by atoms with van der Waals surface area (Å²) in [4.78, 5) is 12.4. The summed E-state index contributed by atoms with van der Waals surface area (Å²) in [5.74, 6) is -0.344. The minimum atomic E-state index is -0.772. The number of nitrogens with one attached hydrogen (secondary N) is 1. The maximum absolute atomic E-state index is 13.9. The summed E-state index contributed by atoms with van der Waals surface area (Å²) < 4.78 is 20.3. The second kappa shape index (κ2) is 8.78. The van der Waals surface area contributed by atoms with Crippen LogP contribution in [0.1, 0.15) is 31.9 Å². The molecule has 0 saturated carbocycles. The van der Waals surface area contributed by atoms with Crippen LogP contribution in [-0.2, 0) is 10.2 Å². The van der Waals surface area contributed by atoms with Gasteiger partial charge in [0.1, 0.15) is 11.6 Å². The molecule has 3 aromatic carbocycles. The Kier molecular flexibility index (Phi) is 6.38. The molecule has 3 rings (SSSR count). The van der Waals surface area contributed by atoms with E-state index < -0.39 is 17.8 Å². The van der Waals surface area contributed by atoms with Gasteiger partial charge in [-0.1, -0.05) is 72.2 Å². The summed E-state index contributed by atoms with van der Waals surface area (Å²) in [6.07, 6.45) is -0.772. The Bertz CT molecular complexity index is 988. The van der Waals surface area contributed by atoms with Gasteiger partial charge in [-0.05, 0) is 48.4 Å². The van der Waals surface area contributed by atoms with Crippen LogP contribution in [0.2, 0.25) is 0 Å². The quantitative estimate of drug-likeness (QED) is 0.472. The average Bonchev–Trinajstić information content (AvgIpc) is 2.71. The first-order valence-electron chi connectivity index (χ1n) is 9.36. The van der Waals surface area contributed by atoms with Crippen molar-refractivity contribution in [1.82, 2.24) is 0 Å². The molecule has 0 fully saturated rings. The number of anilines is 1. The zero-order chi connectivity index (χ0) is 21.0. The van der Waals surface area contributed by atoms with Crippen molar-refractivity contribution in [3.8, 4) is 5.75 Å². The Balaban J connectivity index is 1.66. The number of rotatable bonds is 6. The van der Waals surface area contributed by atoms with E-state index in [-0.39, 0.29) is 11.1 Å². The molecule has 3 aromatic rings. The second-order valence-electron chi connectivity index (χ2n) is 7.39. The number of benzene rings is 3. The lowest BCUT2D eigenvalue weighted by molar-refractivity contribution is -0.122. The predicted molar refractivity (Wildman–Crippen MR) is 118 cm³/mol. The number of carbonyl (C=O) groups excluding carboxylic acids is 1. The molecule has 0 aromatic heterocycles. The van der Waals surface area contributed by atoms with Crippen molar-refractivity contribution < 1.29 is 13.9 Å². The molecule has 0 aliphatic heterocycles. The smallest absolute Gasteiger partial charge is 0.265 e. The third-order valence-corrected chi connectivity index (χ3v) is 5.44. The topological polar surface area (TPSA) is 38.3 Å². The molecule has 0 saturated heterocycles. The number of hydrogen-bond donors (Lipinski definition) is 1. The maximum Gasteiger partial charge on any atom is 0.265 e. The summed E-state index contributed by atoms with van der Waals surface area (Å²) in [7, 11) is 0. The van der Waals surface area contributed by atoms with Crippen LogP contribution >= 0.6 is 15.9 Å². The minimum Gasteiger partial charge on any atom is -0.481 e. The lowest BCUT2D eigenvalue weighted by Gasteiger charge is -2.26. The number of halogens is 2. The van der Waals surface area contributed by atoms with Gasteiger partial charge in [0.05, 0.1) is 5.69 Å². The van der Waals surface area contributed by atoms with Crippen LogP contribution in [-0.4, -0.2) is 12.0 Å². The summed E-state index contributed by atoms with van der Waals surface area (Å²) in [5.41, 5.74) is 2.33. The van der Waals surface area contributed by atoms with Crippen LogP contribution < -0.4 is 10.1 Å². The van der Waals surface area contributed by atoms with E-state index in [9.17, 15) is 9.18 Å². The summed E-state index contributed by atoms with van der Waals surface area (Å²) in [6.45, 7) is 5.97. The van der Waals surface area contributed by atoms with E-state index in [0.717, 1.165) is 5.56 Å². The van der Waals surface area contributed by atoms with Gasteiger partial charge in [0, 0.05) is 9.89 Å². The van der Waals surface area contributed by atoms with Crippen LogP contribution in [0.3, 0.4) is 0 Å². The molecule has 0 spiro atoms. The van der Waals surface area contributed by atoms with Gasteiger partial charge in [-0.25, -0.2) is 4.39 Å². The second-order valence-corrected chi connectivity index (χ2v) is 8.30. The average molecular weight is 456 g/mol. The minimum absolute atomic E-state index is 0.119. The molecule has 0 radical (unpaired) electrons. The van der Waals surface area contributed by atoms with E-state index >= 15 is 0 Å². The van der Waals surface area contributed by atoms with Crippen LogP contribution in [0, 0.1) is 5.82 Å². The van der Waals surface area contributed by atoms with Crippen molar-refractivity contribution in [3.63, 3.8) is 0 Å². The molecular weight excluding hydrogens is 433 g/mol. The standard InChI is InChI=1S/C24H23BrFNO2/c1-16(23(28)27-22-14-11-19(25)15-21(22)26)29-20-12-9-18(10-13-20)24(2,3)17-7-5-4-6-8-17/h4-16H,1-3H3,(H,27,28). The van der Waals surface area contributed by atoms with Crippen LogP contribution in [0.4, 0.5) is 10.1 Å². The molecule has 1 N–H and O–H groups in total. The highest BCUT2D eigenvalue weighted by atomic mass is 79.9. The van der Waals surface area contributed by atoms with E-state index in [1.807, 2.05) is 42.5 Å². The largest absolute Gasteiger partial charge is 0.481 e. The zero-order valence-corrected chi connectivity index (χ0v) is 18.2. The van der Waals surface area contributed by atoms with Crippen molar-refractivity contribution in [2.75, 3.05) is 5.32 Å². The van der Waals surface area contributed by atoms with Gasteiger partial charge in [0.15, 0.2) is 6.10 Å². The fraction of sp³-hybridized carbons (Fsp3) is 0.208. The van der Waals surface area contributed by atoms with Crippen LogP contribution in [0.25, 0.3) is 0 Å². The molecule has 0 aliphatic rings. The van der Waals surface area contributed by atoms with Crippen molar-refractivity contribution >= 4 is 27.5 Å². The first-order chi connectivity index (χ1) is 13.8. The van der Waals surface area contributed by atoms with E-state index in [1.165, 1.54) is 17.7 Å². The normalized spacial score (nSPS) is 12.3. The van der Waals surface area contributed by atoms with Crippen molar-refractivity contribution in [1.29, 1.82) is 0 Å². The summed E-state index contributed by atoms with van der Waals surface area (Å²) >= 11 is 3.19. The third-order valence-electron chi connectivity index (χ3n) is 4.94. The summed E-state index contributed by atoms with van der Waals surface area (Å²) in [5, 5.41) is 2.55. The van der Waals surface area contributed by atoms with E-state index in [0.29, 0.717) is 10.2 Å². The van der Waals surface area contributed by atoms with Crippen LogP contribution in [0.15, 0.2) is 77.3 Å². The molecule has 150 valence electrons. The molecule has 1 atom stereocenters. The Morgan fingerprint density at radius 1 is 1.00 bits per heavy atom. The monoisotopic (exact) mass is 455 g/mol. The van der Waals surface area contributed by atoms with E-state index in [4.69, 9.17) is 4.74 Å². The molecule has 3 nitrogen and oxygen atoms in total. The number of carbonyl (C=O) groups is 1. The lowest BCUT2D eigenvalue weighted by atomic mass is 9.78. The highest BCUT2D eigenvalue weighted by Crippen LogP contribution is 2.32. The zero-order valence-electron chi connectivity index (χ0n) is 16.6. The van der Waals surface area contributed by atoms with Gasteiger partial charge in [-0.15, -0.1) is 0 Å². The first-order valence-corrected chi connectivity index (χ1v) is 10.2. The Morgan fingerprint density at radius 2 is 1.62 bits per heavy atom. The number of amides is 1. The third kappa shape index (κ3) is 5.04. The van der Waals surface area contributed by atoms with Crippen molar-refractivity contribution in [2.45, 2.75) is 32.3 Å². The van der Waals surface area contributed by atoms with Crippen LogP contribution in [0.5, 0.6) is 5.75 Å². The maximum atomic E-state index is 13.9. The Hall–Kier alpha value is -2.66. The number of hydrogen-bond acceptors (Lipinski definition) is 2. The molecule has 0 aliphatic carbocycles. The van der Waals surface area contributed by atoms with Gasteiger partial charge in [0.25, 0.3) is 5.91 Å². The SMILES string of the molecule is CC(Oc1ccc(C(C)(C)c2ccccc2)cc1)C(=O)Nc1ccc(Br)cc1F. The fourth-order valence-corrected chi connectivity index (χ4v) is 3.39. The van der Waals surface area contributed by atoms with Gasteiger partial charge >= 0.3 is 0 Å². The fourth-order valence-electron chi connectivity index (χ4n) is 3.05. The Labute approximate surface area is 179 Å². The van der Waals surface area contributed by atoms with Gasteiger partial charge in [0.2, 0.25) is 0 Å². The van der Waals surface area contributed by atoms with Gasteiger partial charge in [-0.3, -0.25) is 4.79 Å². The number of ether oxygens (including phenoxy) is 1. The first kappa shape index (κ1) is 21.1. The molecule has 0 bridgehead atoms. The molecule has 29 heavy (non-hydrogen) atoms. The summed E-state index contributed by atoms with van der Waals surface area (Å²) in [6, 6.07) is 22.5. The highest BCUT2D eigenvalue weighted by molar-refractivity contribution is 9.10. The Morgan fingerprint density at radius 3 is 2.24 bits per heavy atom. The molecule has 5 heteroatoms. The van der Waals surface area contributed by atoms with Crippen molar-refractivity contribution in [2.24, 2.45) is 0 Å². The molecule has 1 unspecified atom stereocenters. The van der Waals surface area contributed by atoms with Crippen molar-refractivity contribution in [3.05, 3.63) is 94.2 Å². The predicted octanol–water partition coefficient (Wildman–Crippen LogP) is 6.32. The van der Waals surface area contributed by atoms with Gasteiger partial charge in [-0.2, -0.15) is 0 Å². The van der Waals surface area contributed by atoms with E-state index in [1.54, 1.807) is 13.0 Å². The molecule has 1 amide bonds. The lowest BCUT2D eigenvalue weighted by Crippen LogP contribution is -2.30. The van der Waals surface area contributed by atoms with Gasteiger partial charge < -0.3 is 10.1 Å². The van der Waals surface area contributed by atoms with E-state index in [2.05, 4.69) is 47.2 Å². The molecular formula is C24H23BrFNO2. The molecule has 0 heterocycles.